The van der Waals surface area contributed by atoms with Crippen LogP contribution in [0.3, 0.4) is 0 Å². The van der Waals surface area contributed by atoms with Crippen LogP contribution in [0, 0.1) is 0 Å². The molecule has 4 aromatic carbocycles. The third-order valence-electron chi connectivity index (χ3n) is 6.57. The van der Waals surface area contributed by atoms with E-state index in [9.17, 15) is 52.7 Å². The predicted molar refractivity (Wildman–Crippen MR) is 140 cm³/mol. The van der Waals surface area contributed by atoms with Gasteiger partial charge >= 0.3 is 24.7 Å². The molecule has 0 radical (unpaired) electrons. The topological polar surface area (TPSA) is 6.48 Å². The number of anilines is 4. The second kappa shape index (κ2) is 12.0. The molecule has 44 heavy (non-hydrogen) atoms. The molecule has 0 bridgehead atoms. The maximum Gasteiger partial charge on any atom is 0.416 e. The van der Waals surface area contributed by atoms with E-state index in [-0.39, 0.29) is 35.8 Å². The second-order valence-electron chi connectivity index (χ2n) is 9.48. The highest BCUT2D eigenvalue weighted by Crippen LogP contribution is 2.37. The molecule has 0 amide bonds. The van der Waals surface area contributed by atoms with Crippen molar-refractivity contribution in [1.82, 2.24) is 0 Å². The summed E-state index contributed by atoms with van der Waals surface area (Å²) < 4.78 is 158. The van der Waals surface area contributed by atoms with Crippen molar-refractivity contribution in [2.75, 3.05) is 22.9 Å². The minimum atomic E-state index is -4.67. The Bertz CT molecular complexity index is 1280. The Kier molecular flexibility index (Phi) is 8.85. The first-order chi connectivity index (χ1) is 20.3. The predicted octanol–water partition coefficient (Wildman–Crippen LogP) is 10.7. The van der Waals surface area contributed by atoms with Gasteiger partial charge in [0.2, 0.25) is 0 Å². The van der Waals surface area contributed by atoms with Crippen molar-refractivity contribution in [3.05, 3.63) is 119 Å². The zero-order valence-corrected chi connectivity index (χ0v) is 22.1. The standard InChI is InChI=1S/C30H20F12N2/c31-27(32,33)19-1-9-23(10-2-19)43(24-11-3-20(4-12-24)28(34,35)36)17-18-44(25-13-5-21(6-14-25)29(37,38)39)26-15-7-22(8-16-26)30(40,41)42/h1-16H,17-18H2. The Morgan fingerprint density at radius 1 is 0.295 bits per heavy atom. The summed E-state index contributed by atoms with van der Waals surface area (Å²) in [5.41, 5.74) is -3.38. The van der Waals surface area contributed by atoms with E-state index in [2.05, 4.69) is 0 Å². The van der Waals surface area contributed by atoms with Crippen LogP contribution in [0.25, 0.3) is 0 Å². The van der Waals surface area contributed by atoms with Crippen LogP contribution in [0.5, 0.6) is 0 Å². The summed E-state index contributed by atoms with van der Waals surface area (Å²) in [5, 5.41) is 0. The minimum absolute atomic E-state index is 0.137. The van der Waals surface area contributed by atoms with Crippen molar-refractivity contribution in [3.8, 4) is 0 Å². The Morgan fingerprint density at radius 2 is 0.455 bits per heavy atom. The van der Waals surface area contributed by atoms with Gasteiger partial charge in [0.25, 0.3) is 0 Å². The number of hydrogen-bond donors (Lipinski definition) is 0. The fraction of sp³-hybridized carbons (Fsp3) is 0.200. The van der Waals surface area contributed by atoms with Gasteiger partial charge in [0.05, 0.1) is 22.3 Å². The van der Waals surface area contributed by atoms with Gasteiger partial charge < -0.3 is 9.80 Å². The van der Waals surface area contributed by atoms with E-state index in [0.29, 0.717) is 0 Å². The first kappa shape index (κ1) is 32.6. The van der Waals surface area contributed by atoms with Gasteiger partial charge in [-0.25, -0.2) is 0 Å². The van der Waals surface area contributed by atoms with Gasteiger partial charge in [0, 0.05) is 35.8 Å². The molecule has 0 fully saturated rings. The highest BCUT2D eigenvalue weighted by atomic mass is 19.4. The first-order valence-corrected chi connectivity index (χ1v) is 12.6. The van der Waals surface area contributed by atoms with Gasteiger partial charge in [-0.15, -0.1) is 0 Å². The molecule has 2 nitrogen and oxygen atoms in total. The fourth-order valence-corrected chi connectivity index (χ4v) is 4.34. The molecule has 0 aliphatic heterocycles. The lowest BCUT2D eigenvalue weighted by Gasteiger charge is -2.31. The summed E-state index contributed by atoms with van der Waals surface area (Å²) >= 11 is 0. The maximum atomic E-state index is 13.2. The number of alkyl halides is 12. The van der Waals surface area contributed by atoms with Crippen LogP contribution >= 0.6 is 0 Å². The van der Waals surface area contributed by atoms with E-state index in [4.69, 9.17) is 0 Å². The Hall–Kier alpha value is -4.36. The van der Waals surface area contributed by atoms with Crippen LogP contribution in [0.15, 0.2) is 97.1 Å². The molecule has 4 aromatic rings. The fourth-order valence-electron chi connectivity index (χ4n) is 4.34. The lowest BCUT2D eigenvalue weighted by molar-refractivity contribution is -0.138. The minimum Gasteiger partial charge on any atom is -0.340 e. The second-order valence-corrected chi connectivity index (χ2v) is 9.48. The van der Waals surface area contributed by atoms with Gasteiger partial charge in [0.1, 0.15) is 0 Å². The van der Waals surface area contributed by atoms with E-state index < -0.39 is 47.0 Å². The van der Waals surface area contributed by atoms with E-state index in [0.717, 1.165) is 97.1 Å². The molecule has 0 aromatic heterocycles. The molecule has 14 heteroatoms. The van der Waals surface area contributed by atoms with Crippen LogP contribution in [0.1, 0.15) is 22.3 Å². The zero-order valence-electron chi connectivity index (χ0n) is 22.1. The van der Waals surface area contributed by atoms with Crippen molar-refractivity contribution in [3.63, 3.8) is 0 Å². The monoisotopic (exact) mass is 636 g/mol. The summed E-state index contributed by atoms with van der Waals surface area (Å²) in [7, 11) is 0. The first-order valence-electron chi connectivity index (χ1n) is 12.6. The molecule has 0 saturated heterocycles. The normalized spacial score (nSPS) is 12.7. The SMILES string of the molecule is FC(F)(F)c1ccc(N(CCN(c2ccc(C(F)(F)F)cc2)c2ccc(C(F)(F)F)cc2)c2ccc(C(F)(F)F)cc2)cc1. The summed E-state index contributed by atoms with van der Waals surface area (Å²) in [4.78, 5) is 2.75. The smallest absolute Gasteiger partial charge is 0.340 e. The van der Waals surface area contributed by atoms with Gasteiger partial charge in [-0.05, 0) is 97.1 Å². The quantitative estimate of drug-likeness (QED) is 0.186. The van der Waals surface area contributed by atoms with E-state index in [1.807, 2.05) is 0 Å². The average Bonchev–Trinajstić information content (AvgIpc) is 2.94. The largest absolute Gasteiger partial charge is 0.416 e. The molecule has 234 valence electrons. The molecule has 0 saturated carbocycles. The van der Waals surface area contributed by atoms with Crippen LogP contribution in [-0.2, 0) is 24.7 Å². The molecule has 4 rings (SSSR count). The molecular formula is C30H20F12N2. The Labute approximate surface area is 242 Å². The van der Waals surface area contributed by atoms with Crippen molar-refractivity contribution in [2.24, 2.45) is 0 Å². The molecule has 0 atom stereocenters. The van der Waals surface area contributed by atoms with Crippen LogP contribution in [-0.4, -0.2) is 13.1 Å². The van der Waals surface area contributed by atoms with E-state index in [1.165, 1.54) is 9.80 Å². The molecule has 0 aliphatic rings. The molecule has 0 heterocycles. The van der Waals surface area contributed by atoms with Crippen molar-refractivity contribution in [2.45, 2.75) is 24.7 Å². The molecular weight excluding hydrogens is 616 g/mol. The van der Waals surface area contributed by atoms with E-state index >= 15 is 0 Å². The van der Waals surface area contributed by atoms with Gasteiger partial charge in [0.15, 0.2) is 0 Å². The van der Waals surface area contributed by atoms with E-state index in [1.54, 1.807) is 0 Å². The molecule has 0 spiro atoms. The number of nitrogens with zero attached hydrogens (tertiary/aromatic N) is 2. The lowest BCUT2D eigenvalue weighted by Crippen LogP contribution is -2.30. The van der Waals surface area contributed by atoms with Crippen LogP contribution < -0.4 is 9.80 Å². The summed E-state index contributed by atoms with van der Waals surface area (Å²) in [6, 6.07) is 15.0. The average molecular weight is 636 g/mol. The van der Waals surface area contributed by atoms with Gasteiger partial charge in [-0.1, -0.05) is 0 Å². The number of hydrogen-bond acceptors (Lipinski definition) is 2. The van der Waals surface area contributed by atoms with Crippen LogP contribution in [0.4, 0.5) is 75.4 Å². The van der Waals surface area contributed by atoms with Crippen molar-refractivity contribution < 1.29 is 52.7 Å². The summed E-state index contributed by atoms with van der Waals surface area (Å²) in [6.45, 7) is -0.336. The van der Waals surface area contributed by atoms with Crippen molar-refractivity contribution in [1.29, 1.82) is 0 Å². The Morgan fingerprint density at radius 3 is 0.591 bits per heavy atom. The van der Waals surface area contributed by atoms with Gasteiger partial charge in [-0.3, -0.25) is 0 Å². The summed E-state index contributed by atoms with van der Waals surface area (Å²) in [6.07, 6.45) is -18.7. The molecule has 0 N–H and O–H groups in total. The number of rotatable bonds is 7. The van der Waals surface area contributed by atoms with Crippen LogP contribution in [0.2, 0.25) is 0 Å². The Balaban J connectivity index is 1.74. The number of benzene rings is 4. The zero-order chi connectivity index (χ0) is 32.5. The summed E-state index contributed by atoms with van der Waals surface area (Å²) in [5.74, 6) is 0. The molecule has 0 unspecified atom stereocenters. The third kappa shape index (κ3) is 7.77. The maximum absolute atomic E-state index is 13.2. The highest BCUT2D eigenvalue weighted by molar-refractivity contribution is 5.67. The lowest BCUT2D eigenvalue weighted by atomic mass is 10.1. The third-order valence-corrected chi connectivity index (χ3v) is 6.57. The number of halogens is 12. The van der Waals surface area contributed by atoms with Gasteiger partial charge in [-0.2, -0.15) is 52.7 Å². The highest BCUT2D eigenvalue weighted by Gasteiger charge is 2.33. The van der Waals surface area contributed by atoms with Crippen molar-refractivity contribution >= 4 is 22.7 Å². The molecule has 0 aliphatic carbocycles.